The number of fused-ring (bicyclic) bond motifs is 2. The Labute approximate surface area is 327 Å². The standard InChI is InChI=1S/C43H42F2N6O6/c1-24-29(8-5-10-31(24)40-49-33-19-28(23-51-17-7-13-35(51)42(54)55)36(57-43(44)45)20-37(33)56-40)30-9-6-11-32(25(30)2)48-39-38-27(14-15-46-39)18-26(21-47-38)22-50-16-4-3-12-34(50)41(52)53/h5-6,8-11,14-15,18-21,34-35,43H,3-4,7,12-13,16-17,22-23H2,1-2H3,(H,46,48)(H,52,53)(H,54,55)/t34-,35-/m0/s1. The number of carboxylic acid groups (broad SMARTS) is 2. The molecule has 12 nitrogen and oxygen atoms in total. The smallest absolute Gasteiger partial charge is 0.387 e. The lowest BCUT2D eigenvalue weighted by Gasteiger charge is -2.32. The highest BCUT2D eigenvalue weighted by atomic mass is 19.3. The number of pyridine rings is 2. The third-order valence-corrected chi connectivity index (χ3v) is 11.2. The van der Waals surface area contributed by atoms with Crippen molar-refractivity contribution in [2.75, 3.05) is 18.4 Å². The number of carbonyl (C=O) groups is 2. The molecular weight excluding hydrogens is 735 g/mol. The van der Waals surface area contributed by atoms with E-state index in [0.29, 0.717) is 60.7 Å². The van der Waals surface area contributed by atoms with Gasteiger partial charge in [-0.1, -0.05) is 30.7 Å². The van der Waals surface area contributed by atoms with E-state index in [4.69, 9.17) is 19.1 Å². The van der Waals surface area contributed by atoms with Gasteiger partial charge in [0.05, 0.1) is 0 Å². The van der Waals surface area contributed by atoms with Gasteiger partial charge in [0.15, 0.2) is 11.4 Å². The zero-order valence-electron chi connectivity index (χ0n) is 31.5. The van der Waals surface area contributed by atoms with Crippen LogP contribution in [0.5, 0.6) is 5.75 Å². The molecule has 8 rings (SSSR count). The summed E-state index contributed by atoms with van der Waals surface area (Å²) in [5, 5.41) is 23.8. The minimum absolute atomic E-state index is 0.0793. The molecule has 0 amide bonds. The van der Waals surface area contributed by atoms with Crippen LogP contribution in [0.4, 0.5) is 20.3 Å². The predicted molar refractivity (Wildman–Crippen MR) is 211 cm³/mol. The number of nitrogens with one attached hydrogen (secondary N) is 1. The second-order valence-corrected chi connectivity index (χ2v) is 14.8. The Morgan fingerprint density at radius 1 is 0.877 bits per heavy atom. The van der Waals surface area contributed by atoms with Gasteiger partial charge in [0.2, 0.25) is 5.89 Å². The summed E-state index contributed by atoms with van der Waals surface area (Å²) in [6.45, 7) is 2.83. The number of aromatic nitrogens is 3. The molecule has 3 N–H and O–H groups in total. The molecule has 2 fully saturated rings. The Kier molecular flexibility index (Phi) is 10.6. The van der Waals surface area contributed by atoms with Crippen molar-refractivity contribution in [2.45, 2.75) is 77.7 Å². The molecule has 2 aliphatic rings. The molecule has 2 saturated heterocycles. The lowest BCUT2D eigenvalue weighted by molar-refractivity contribution is -0.145. The summed E-state index contributed by atoms with van der Waals surface area (Å²) < 4.78 is 38.1. The molecule has 0 saturated carbocycles. The van der Waals surface area contributed by atoms with Crippen molar-refractivity contribution in [3.63, 3.8) is 0 Å². The molecule has 3 aromatic carbocycles. The molecule has 2 atom stereocenters. The highest BCUT2D eigenvalue weighted by Crippen LogP contribution is 2.39. The summed E-state index contributed by atoms with van der Waals surface area (Å²) in [4.78, 5) is 41.6. The Bertz CT molecular complexity index is 2490. The van der Waals surface area contributed by atoms with Crippen molar-refractivity contribution in [1.29, 1.82) is 0 Å². The van der Waals surface area contributed by atoms with E-state index in [1.807, 2.05) is 67.3 Å². The average molecular weight is 777 g/mol. The van der Waals surface area contributed by atoms with Gasteiger partial charge in [0.1, 0.15) is 28.9 Å². The second kappa shape index (κ2) is 15.9. The Hall–Kier alpha value is -5.99. The number of likely N-dealkylation sites (tertiary alicyclic amines) is 2. The fourth-order valence-corrected chi connectivity index (χ4v) is 8.28. The summed E-state index contributed by atoms with van der Waals surface area (Å²) in [7, 11) is 0. The van der Waals surface area contributed by atoms with Gasteiger partial charge in [-0.25, -0.2) is 9.97 Å². The molecule has 0 spiro atoms. The Morgan fingerprint density at radius 2 is 1.58 bits per heavy atom. The van der Waals surface area contributed by atoms with Gasteiger partial charge in [0, 0.05) is 53.8 Å². The molecule has 14 heteroatoms. The molecule has 0 unspecified atom stereocenters. The largest absolute Gasteiger partial charge is 0.480 e. The minimum Gasteiger partial charge on any atom is -0.480 e. The fraction of sp³-hybridized carbons (Fsp3) is 0.326. The zero-order valence-corrected chi connectivity index (χ0v) is 31.5. The lowest BCUT2D eigenvalue weighted by atomic mass is 9.93. The molecule has 294 valence electrons. The monoisotopic (exact) mass is 776 g/mol. The molecule has 0 radical (unpaired) electrons. The van der Waals surface area contributed by atoms with Crippen LogP contribution in [0.25, 0.3) is 44.6 Å². The topological polar surface area (TPSA) is 154 Å². The van der Waals surface area contributed by atoms with Crippen molar-refractivity contribution in [3.05, 3.63) is 95.3 Å². The predicted octanol–water partition coefficient (Wildman–Crippen LogP) is 8.55. The Morgan fingerprint density at radius 3 is 2.35 bits per heavy atom. The fourth-order valence-electron chi connectivity index (χ4n) is 8.28. The molecule has 5 heterocycles. The molecule has 0 aliphatic carbocycles. The van der Waals surface area contributed by atoms with Crippen molar-refractivity contribution >= 4 is 45.4 Å². The number of oxazole rings is 1. The second-order valence-electron chi connectivity index (χ2n) is 14.8. The number of ether oxygens (including phenoxy) is 1. The van der Waals surface area contributed by atoms with Crippen molar-refractivity contribution < 1.29 is 37.7 Å². The first-order chi connectivity index (χ1) is 27.5. The third kappa shape index (κ3) is 7.74. The first kappa shape index (κ1) is 37.9. The number of anilines is 2. The Balaban J connectivity index is 1.07. The maximum atomic E-state index is 13.5. The maximum Gasteiger partial charge on any atom is 0.387 e. The van der Waals surface area contributed by atoms with Crippen molar-refractivity contribution in [1.82, 2.24) is 24.8 Å². The first-order valence-electron chi connectivity index (χ1n) is 19.1. The molecule has 57 heavy (non-hydrogen) atoms. The first-order valence-corrected chi connectivity index (χ1v) is 19.1. The molecule has 3 aromatic heterocycles. The lowest BCUT2D eigenvalue weighted by Crippen LogP contribution is -2.44. The summed E-state index contributed by atoms with van der Waals surface area (Å²) in [6, 6.07) is 17.6. The molecular formula is C43H42F2N6O6. The third-order valence-electron chi connectivity index (χ3n) is 11.2. The van der Waals surface area contributed by atoms with Crippen LogP contribution in [0.2, 0.25) is 0 Å². The van der Waals surface area contributed by atoms with Gasteiger partial charge in [-0.3, -0.25) is 24.4 Å². The summed E-state index contributed by atoms with van der Waals surface area (Å²) in [5.74, 6) is -0.908. The molecule has 2 aliphatic heterocycles. The highest BCUT2D eigenvalue weighted by Gasteiger charge is 2.32. The van der Waals surface area contributed by atoms with Gasteiger partial charge in [-0.2, -0.15) is 8.78 Å². The highest BCUT2D eigenvalue weighted by molar-refractivity contribution is 5.91. The van der Waals surface area contributed by atoms with Crippen molar-refractivity contribution in [3.8, 4) is 28.3 Å². The van der Waals surface area contributed by atoms with Gasteiger partial charge in [-0.15, -0.1) is 0 Å². The number of rotatable bonds is 12. The van der Waals surface area contributed by atoms with Crippen molar-refractivity contribution in [2.24, 2.45) is 0 Å². The van der Waals surface area contributed by atoms with E-state index in [2.05, 4.69) is 10.3 Å². The van der Waals surface area contributed by atoms with E-state index >= 15 is 0 Å². The number of nitrogens with zero attached hydrogens (tertiary/aromatic N) is 5. The van der Waals surface area contributed by atoms with Gasteiger partial charge >= 0.3 is 18.6 Å². The van der Waals surface area contributed by atoms with Crippen LogP contribution in [0.3, 0.4) is 0 Å². The normalized spacial score (nSPS) is 17.8. The van der Waals surface area contributed by atoms with E-state index in [-0.39, 0.29) is 17.9 Å². The SMILES string of the molecule is Cc1c(Nc2nccc3cc(CN4CCCC[C@H]4C(=O)O)cnc23)cccc1-c1cccc(-c2nc3cc(CN4CCC[C@H]4C(=O)O)c(OC(F)F)cc3o2)c1C. The van der Waals surface area contributed by atoms with E-state index in [1.54, 1.807) is 23.4 Å². The number of piperidine rings is 1. The summed E-state index contributed by atoms with van der Waals surface area (Å²) in [6.07, 6.45) is 7.25. The van der Waals surface area contributed by atoms with E-state index in [1.165, 1.54) is 6.07 Å². The van der Waals surface area contributed by atoms with E-state index < -0.39 is 30.6 Å². The summed E-state index contributed by atoms with van der Waals surface area (Å²) in [5.41, 5.74) is 8.09. The van der Waals surface area contributed by atoms with Crippen LogP contribution in [0, 0.1) is 13.8 Å². The number of alkyl halides is 2. The van der Waals surface area contributed by atoms with Crippen LogP contribution < -0.4 is 10.1 Å². The summed E-state index contributed by atoms with van der Waals surface area (Å²) >= 11 is 0. The number of hydrogen-bond donors (Lipinski definition) is 3. The van der Waals surface area contributed by atoms with Crippen LogP contribution in [-0.4, -0.2) is 78.7 Å². The number of benzene rings is 3. The quantitative estimate of drug-likeness (QED) is 0.109. The minimum atomic E-state index is -3.07. The van der Waals surface area contributed by atoms with E-state index in [0.717, 1.165) is 63.8 Å². The number of halogens is 2. The molecule has 0 bridgehead atoms. The van der Waals surface area contributed by atoms with Crippen LogP contribution >= 0.6 is 0 Å². The van der Waals surface area contributed by atoms with Crippen LogP contribution in [0.15, 0.2) is 77.5 Å². The molecule has 6 aromatic rings. The van der Waals surface area contributed by atoms with Gasteiger partial charge < -0.3 is 24.7 Å². The van der Waals surface area contributed by atoms with Crippen LogP contribution in [-0.2, 0) is 22.7 Å². The average Bonchev–Trinajstić information content (AvgIpc) is 3.83. The van der Waals surface area contributed by atoms with E-state index in [9.17, 15) is 28.6 Å². The zero-order chi connectivity index (χ0) is 39.8. The number of aliphatic carboxylic acids is 2. The van der Waals surface area contributed by atoms with Crippen LogP contribution in [0.1, 0.15) is 54.4 Å². The van der Waals surface area contributed by atoms with Gasteiger partial charge in [-0.05, 0) is 111 Å². The number of hydrogen-bond acceptors (Lipinski definition) is 10. The van der Waals surface area contributed by atoms with Gasteiger partial charge in [0.25, 0.3) is 0 Å². The maximum absolute atomic E-state index is 13.5. The number of carboxylic acids is 2.